The van der Waals surface area contributed by atoms with E-state index < -0.39 is 11.9 Å². The highest BCUT2D eigenvalue weighted by Crippen LogP contribution is 2.26. The van der Waals surface area contributed by atoms with Crippen molar-refractivity contribution in [3.05, 3.63) is 68.6 Å². The molecule has 4 nitrogen and oxygen atoms in total. The standard InChI is InChI=1S/C15H12BrNO3/c1-17-12-6-5-10(8-13(12)20-15(17)19)14(18)9-3-2-4-11(16)7-9/h2-8,14,18H,1H3. The lowest BCUT2D eigenvalue weighted by Gasteiger charge is -2.11. The summed E-state index contributed by atoms with van der Waals surface area (Å²) < 4.78 is 7.48. The molecule has 1 N–H and O–H groups in total. The van der Waals surface area contributed by atoms with Gasteiger partial charge in [-0.15, -0.1) is 0 Å². The number of hydrogen-bond donors (Lipinski definition) is 1. The SMILES string of the molecule is Cn1c(=O)oc2cc(C(O)c3cccc(Br)c3)ccc21. The average molecular weight is 334 g/mol. The van der Waals surface area contributed by atoms with Crippen LogP contribution >= 0.6 is 15.9 Å². The van der Waals surface area contributed by atoms with Crippen LogP contribution in [0, 0.1) is 0 Å². The zero-order chi connectivity index (χ0) is 14.3. The number of aromatic nitrogens is 1. The number of benzene rings is 2. The predicted octanol–water partition coefficient (Wildman–Crippen LogP) is 2.98. The van der Waals surface area contributed by atoms with Gasteiger partial charge in [-0.1, -0.05) is 34.1 Å². The Morgan fingerprint density at radius 2 is 1.95 bits per heavy atom. The van der Waals surface area contributed by atoms with E-state index in [0.717, 1.165) is 10.0 Å². The first-order valence-electron chi connectivity index (χ1n) is 6.09. The summed E-state index contributed by atoms with van der Waals surface area (Å²) in [6.07, 6.45) is -0.762. The molecule has 0 saturated heterocycles. The van der Waals surface area contributed by atoms with Crippen molar-refractivity contribution in [2.24, 2.45) is 7.05 Å². The number of nitrogens with zero attached hydrogens (tertiary/aromatic N) is 1. The van der Waals surface area contributed by atoms with Crippen LogP contribution in [0.2, 0.25) is 0 Å². The van der Waals surface area contributed by atoms with Crippen LogP contribution in [-0.4, -0.2) is 9.67 Å². The van der Waals surface area contributed by atoms with E-state index in [2.05, 4.69) is 15.9 Å². The number of halogens is 1. The van der Waals surface area contributed by atoms with Gasteiger partial charge in [0.1, 0.15) is 6.10 Å². The highest BCUT2D eigenvalue weighted by Gasteiger charge is 2.13. The summed E-state index contributed by atoms with van der Waals surface area (Å²) in [7, 11) is 1.65. The summed E-state index contributed by atoms with van der Waals surface area (Å²) in [4.78, 5) is 11.5. The Labute approximate surface area is 123 Å². The molecule has 5 heteroatoms. The number of fused-ring (bicyclic) bond motifs is 1. The molecule has 0 bridgehead atoms. The van der Waals surface area contributed by atoms with E-state index >= 15 is 0 Å². The zero-order valence-electron chi connectivity index (χ0n) is 10.7. The Bertz CT molecular complexity index is 834. The first kappa shape index (κ1) is 13.1. The van der Waals surface area contributed by atoms with E-state index in [4.69, 9.17) is 4.42 Å². The Balaban J connectivity index is 2.08. The molecule has 0 saturated carbocycles. The fourth-order valence-corrected chi connectivity index (χ4v) is 2.61. The van der Waals surface area contributed by atoms with Crippen LogP contribution in [0.3, 0.4) is 0 Å². The van der Waals surface area contributed by atoms with Crippen molar-refractivity contribution in [2.45, 2.75) is 6.10 Å². The van der Waals surface area contributed by atoms with E-state index in [-0.39, 0.29) is 0 Å². The topological polar surface area (TPSA) is 55.4 Å². The maximum absolute atomic E-state index is 11.5. The van der Waals surface area contributed by atoms with E-state index in [1.54, 1.807) is 25.2 Å². The van der Waals surface area contributed by atoms with Gasteiger partial charge >= 0.3 is 5.76 Å². The molecule has 1 unspecified atom stereocenters. The molecule has 0 radical (unpaired) electrons. The molecule has 0 spiro atoms. The summed E-state index contributed by atoms with van der Waals surface area (Å²) in [6, 6.07) is 12.7. The second-order valence-corrected chi connectivity index (χ2v) is 5.53. The van der Waals surface area contributed by atoms with Crippen LogP contribution in [0.1, 0.15) is 17.2 Å². The van der Waals surface area contributed by atoms with E-state index in [1.165, 1.54) is 4.57 Å². The van der Waals surface area contributed by atoms with Gasteiger partial charge in [-0.25, -0.2) is 4.79 Å². The molecule has 3 aromatic rings. The molecule has 2 aromatic carbocycles. The van der Waals surface area contributed by atoms with Gasteiger partial charge in [-0.05, 0) is 35.4 Å². The van der Waals surface area contributed by atoms with Gasteiger partial charge in [0, 0.05) is 11.5 Å². The first-order valence-corrected chi connectivity index (χ1v) is 6.88. The zero-order valence-corrected chi connectivity index (χ0v) is 12.3. The molecule has 1 aromatic heterocycles. The number of rotatable bonds is 2. The predicted molar refractivity (Wildman–Crippen MR) is 79.7 cm³/mol. The lowest BCUT2D eigenvalue weighted by molar-refractivity contribution is 0.220. The Hall–Kier alpha value is -1.85. The third-order valence-electron chi connectivity index (χ3n) is 3.30. The third-order valence-corrected chi connectivity index (χ3v) is 3.79. The minimum Gasteiger partial charge on any atom is -0.408 e. The fraction of sp³-hybridized carbons (Fsp3) is 0.133. The van der Waals surface area contributed by atoms with Crippen LogP contribution in [0.25, 0.3) is 11.1 Å². The average Bonchev–Trinajstić information content (AvgIpc) is 2.73. The van der Waals surface area contributed by atoms with Crippen LogP contribution in [0.15, 0.2) is 56.1 Å². The van der Waals surface area contributed by atoms with Crippen molar-refractivity contribution in [3.8, 4) is 0 Å². The van der Waals surface area contributed by atoms with Gasteiger partial charge in [0.2, 0.25) is 0 Å². The molecule has 1 atom stereocenters. The molecule has 0 fully saturated rings. The summed E-state index contributed by atoms with van der Waals surface area (Å²) in [5.41, 5.74) is 2.64. The third kappa shape index (κ3) is 2.19. The number of oxazole rings is 1. The second kappa shape index (κ2) is 4.92. The molecule has 0 aliphatic heterocycles. The molecular weight excluding hydrogens is 322 g/mol. The highest BCUT2D eigenvalue weighted by atomic mass is 79.9. The maximum atomic E-state index is 11.5. The van der Waals surface area contributed by atoms with Crippen molar-refractivity contribution < 1.29 is 9.52 Å². The molecular formula is C15H12BrNO3. The smallest absolute Gasteiger partial charge is 0.408 e. The molecule has 102 valence electrons. The fourth-order valence-electron chi connectivity index (χ4n) is 2.19. The summed E-state index contributed by atoms with van der Waals surface area (Å²) in [5, 5.41) is 10.4. The molecule has 0 aliphatic carbocycles. The van der Waals surface area contributed by atoms with Gasteiger partial charge in [-0.3, -0.25) is 4.57 Å². The molecule has 0 aliphatic rings. The number of aliphatic hydroxyl groups is 1. The number of aliphatic hydroxyl groups excluding tert-OH is 1. The number of aryl methyl sites for hydroxylation is 1. The van der Waals surface area contributed by atoms with Crippen molar-refractivity contribution >= 4 is 27.0 Å². The van der Waals surface area contributed by atoms with Gasteiger partial charge in [0.15, 0.2) is 5.58 Å². The van der Waals surface area contributed by atoms with Gasteiger partial charge in [0.25, 0.3) is 0 Å². The quantitative estimate of drug-likeness (QED) is 0.784. The summed E-state index contributed by atoms with van der Waals surface area (Å²) >= 11 is 3.38. The minimum atomic E-state index is -0.762. The van der Waals surface area contributed by atoms with Crippen molar-refractivity contribution in [3.63, 3.8) is 0 Å². The van der Waals surface area contributed by atoms with Gasteiger partial charge in [-0.2, -0.15) is 0 Å². The lowest BCUT2D eigenvalue weighted by atomic mass is 10.0. The minimum absolute atomic E-state index is 0.408. The van der Waals surface area contributed by atoms with Gasteiger partial charge in [0.05, 0.1) is 5.52 Å². The number of hydrogen-bond acceptors (Lipinski definition) is 3. The Kier molecular flexibility index (Phi) is 3.23. The molecule has 3 rings (SSSR count). The van der Waals surface area contributed by atoms with E-state index in [0.29, 0.717) is 16.7 Å². The summed E-state index contributed by atoms with van der Waals surface area (Å²) in [5.74, 6) is -0.408. The monoisotopic (exact) mass is 333 g/mol. The van der Waals surface area contributed by atoms with Gasteiger partial charge < -0.3 is 9.52 Å². The second-order valence-electron chi connectivity index (χ2n) is 4.61. The molecule has 20 heavy (non-hydrogen) atoms. The van der Waals surface area contributed by atoms with Crippen molar-refractivity contribution in [1.82, 2.24) is 4.57 Å². The van der Waals surface area contributed by atoms with Crippen LogP contribution in [0.4, 0.5) is 0 Å². The van der Waals surface area contributed by atoms with Crippen LogP contribution in [0.5, 0.6) is 0 Å². The first-order chi connectivity index (χ1) is 9.56. The van der Waals surface area contributed by atoms with Crippen LogP contribution in [-0.2, 0) is 7.05 Å². The molecule has 0 amide bonds. The normalized spacial score (nSPS) is 12.8. The Morgan fingerprint density at radius 3 is 2.70 bits per heavy atom. The van der Waals surface area contributed by atoms with E-state index in [1.807, 2.05) is 24.3 Å². The molecule has 1 heterocycles. The summed E-state index contributed by atoms with van der Waals surface area (Å²) in [6.45, 7) is 0. The van der Waals surface area contributed by atoms with Crippen molar-refractivity contribution in [1.29, 1.82) is 0 Å². The highest BCUT2D eigenvalue weighted by molar-refractivity contribution is 9.10. The maximum Gasteiger partial charge on any atom is 0.419 e. The largest absolute Gasteiger partial charge is 0.419 e. The van der Waals surface area contributed by atoms with Crippen LogP contribution < -0.4 is 5.76 Å². The lowest BCUT2D eigenvalue weighted by Crippen LogP contribution is -2.08. The van der Waals surface area contributed by atoms with E-state index in [9.17, 15) is 9.90 Å². The van der Waals surface area contributed by atoms with Crippen molar-refractivity contribution in [2.75, 3.05) is 0 Å². The Morgan fingerprint density at radius 1 is 1.20 bits per heavy atom.